The van der Waals surface area contributed by atoms with Crippen molar-refractivity contribution in [3.63, 3.8) is 0 Å². The fourth-order valence-corrected chi connectivity index (χ4v) is 5.29. The molecule has 1 saturated heterocycles. The Bertz CT molecular complexity index is 1430. The van der Waals surface area contributed by atoms with Gasteiger partial charge < -0.3 is 14.5 Å². The molecule has 0 unspecified atom stereocenters. The van der Waals surface area contributed by atoms with Crippen LogP contribution in [0.2, 0.25) is 0 Å². The second-order valence-electron chi connectivity index (χ2n) is 9.36. The van der Waals surface area contributed by atoms with E-state index in [9.17, 15) is 9.59 Å². The number of benzene rings is 3. The Morgan fingerprint density at radius 1 is 1.00 bits per heavy atom. The highest BCUT2D eigenvalue weighted by molar-refractivity contribution is 6.07. The van der Waals surface area contributed by atoms with Gasteiger partial charge in [-0.3, -0.25) is 14.6 Å². The smallest absolute Gasteiger partial charge is 0.414 e. The third-order valence-electron chi connectivity index (χ3n) is 7.13. The first kappa shape index (κ1) is 21.7. The summed E-state index contributed by atoms with van der Waals surface area (Å²) in [5.41, 5.74) is 5.57. The van der Waals surface area contributed by atoms with Gasteiger partial charge in [0.2, 0.25) is 5.91 Å². The van der Waals surface area contributed by atoms with Crippen LogP contribution in [0.3, 0.4) is 0 Å². The molecule has 0 saturated carbocycles. The lowest BCUT2D eigenvalue weighted by atomic mass is 9.99. The maximum absolute atomic E-state index is 12.8. The number of anilines is 2. The highest BCUT2D eigenvalue weighted by atomic mass is 16.6. The molecule has 7 heteroatoms. The molecule has 0 bridgehead atoms. The monoisotopic (exact) mass is 469 g/mol. The number of ether oxygens (including phenoxy) is 1. The second-order valence-corrected chi connectivity index (χ2v) is 9.36. The van der Waals surface area contributed by atoms with Gasteiger partial charge in [-0.25, -0.2) is 4.79 Å². The molecule has 0 spiro atoms. The number of hydrogen-bond acceptors (Lipinski definition) is 5. The van der Waals surface area contributed by atoms with Crippen LogP contribution in [0.5, 0.6) is 0 Å². The molecule has 6 rings (SSSR count). The quantitative estimate of drug-likeness (QED) is 0.430. The number of furan rings is 1. The highest BCUT2D eigenvalue weighted by Gasteiger charge is 2.34. The third-order valence-corrected chi connectivity index (χ3v) is 7.13. The van der Waals surface area contributed by atoms with Crippen LogP contribution in [0.4, 0.5) is 16.2 Å². The highest BCUT2D eigenvalue weighted by Crippen LogP contribution is 2.34. The normalized spacial score (nSPS) is 16.9. The number of rotatable bonds is 4. The molecule has 1 N–H and O–H groups in total. The number of hydrogen-bond donors (Lipinski definition) is 1. The Morgan fingerprint density at radius 2 is 1.80 bits per heavy atom. The summed E-state index contributed by atoms with van der Waals surface area (Å²) in [6.07, 6.45) is 1.31. The lowest BCUT2D eigenvalue weighted by Gasteiger charge is -2.40. The van der Waals surface area contributed by atoms with Crippen molar-refractivity contribution in [2.75, 3.05) is 29.9 Å². The molecule has 3 aromatic carbocycles. The summed E-state index contributed by atoms with van der Waals surface area (Å²) < 4.78 is 11.3. The summed E-state index contributed by atoms with van der Waals surface area (Å²) in [6.45, 7) is 4.18. The molecule has 2 amide bonds. The largest absolute Gasteiger partial charge is 0.456 e. The number of fused-ring (bicyclic) bond motifs is 4. The fraction of sp³-hybridized carbons (Fsp3) is 0.286. The number of amides is 2. The first-order valence-electron chi connectivity index (χ1n) is 12.0. The number of nitrogens with zero attached hydrogens (tertiary/aromatic N) is 2. The molecule has 1 aromatic heterocycles. The lowest BCUT2D eigenvalue weighted by molar-refractivity contribution is -0.117. The Morgan fingerprint density at radius 3 is 2.66 bits per heavy atom. The van der Waals surface area contributed by atoms with Crippen molar-refractivity contribution in [1.82, 2.24) is 4.90 Å². The minimum absolute atomic E-state index is 0.0473. The number of para-hydroxylation sites is 1. The van der Waals surface area contributed by atoms with Crippen LogP contribution in [-0.4, -0.2) is 42.6 Å². The predicted octanol–water partition coefficient (Wildman–Crippen LogP) is 5.45. The Hall–Kier alpha value is -3.84. The van der Waals surface area contributed by atoms with Crippen LogP contribution in [0.25, 0.3) is 21.9 Å². The van der Waals surface area contributed by atoms with E-state index in [0.717, 1.165) is 70.4 Å². The molecule has 7 nitrogen and oxygen atoms in total. The first-order valence-corrected chi connectivity index (χ1v) is 12.0. The van der Waals surface area contributed by atoms with E-state index in [0.29, 0.717) is 13.2 Å². The van der Waals surface area contributed by atoms with Gasteiger partial charge in [-0.15, -0.1) is 0 Å². The first-order chi connectivity index (χ1) is 17.1. The van der Waals surface area contributed by atoms with Gasteiger partial charge >= 0.3 is 6.09 Å². The van der Waals surface area contributed by atoms with Crippen molar-refractivity contribution in [1.29, 1.82) is 0 Å². The second kappa shape index (κ2) is 8.74. The summed E-state index contributed by atoms with van der Waals surface area (Å²) >= 11 is 0. The topological polar surface area (TPSA) is 75.0 Å². The summed E-state index contributed by atoms with van der Waals surface area (Å²) in [5, 5.41) is 5.05. The average molecular weight is 470 g/mol. The number of carbonyl (C=O) groups excluding carboxylic acids is 2. The van der Waals surface area contributed by atoms with E-state index in [1.165, 1.54) is 0 Å². The van der Waals surface area contributed by atoms with Crippen LogP contribution in [0.15, 0.2) is 65.1 Å². The summed E-state index contributed by atoms with van der Waals surface area (Å²) in [4.78, 5) is 29.4. The Kier molecular flexibility index (Phi) is 5.41. The van der Waals surface area contributed by atoms with Crippen molar-refractivity contribution >= 4 is 45.3 Å². The van der Waals surface area contributed by atoms with Gasteiger partial charge in [-0.2, -0.15) is 0 Å². The summed E-state index contributed by atoms with van der Waals surface area (Å²) in [5.74, 6) is -0.0473. The van der Waals surface area contributed by atoms with Gasteiger partial charge in [0, 0.05) is 41.2 Å². The van der Waals surface area contributed by atoms with Gasteiger partial charge in [0.15, 0.2) is 0 Å². The van der Waals surface area contributed by atoms with E-state index in [4.69, 9.17) is 9.15 Å². The third kappa shape index (κ3) is 4.02. The number of likely N-dealkylation sites (tertiary alicyclic amines) is 1. The zero-order valence-electron chi connectivity index (χ0n) is 19.6. The molecule has 2 aliphatic heterocycles. The molecule has 178 valence electrons. The van der Waals surface area contributed by atoms with E-state index < -0.39 is 0 Å². The van der Waals surface area contributed by atoms with E-state index in [-0.39, 0.29) is 18.0 Å². The Balaban J connectivity index is 1.09. The standard InChI is InChI=1S/C28H27N3O4/c1-18-5-4-7-24-23(18)17-34-28(33)31(24)20-11-13-30(14-12-20)16-27(32)29-19-9-10-26-22(15-19)21-6-2-3-8-25(21)35-26/h2-10,15,20H,11-14,16-17H2,1H3,(H,29,32). The van der Waals surface area contributed by atoms with Crippen molar-refractivity contribution < 1.29 is 18.7 Å². The SMILES string of the molecule is Cc1cccc2c1COC(=O)N2C1CCN(CC(=O)Nc2ccc3oc4ccccc4c3c2)CC1. The van der Waals surface area contributed by atoms with E-state index in [1.807, 2.05) is 72.5 Å². The number of carbonyl (C=O) groups is 2. The molecule has 2 aliphatic rings. The van der Waals surface area contributed by atoms with E-state index >= 15 is 0 Å². The number of piperidine rings is 1. The zero-order chi connectivity index (χ0) is 23.9. The van der Waals surface area contributed by atoms with Crippen molar-refractivity contribution in [2.45, 2.75) is 32.4 Å². The number of cyclic esters (lactones) is 1. The van der Waals surface area contributed by atoms with Crippen molar-refractivity contribution in [3.8, 4) is 0 Å². The van der Waals surface area contributed by atoms with Crippen LogP contribution < -0.4 is 10.2 Å². The lowest BCUT2D eigenvalue weighted by Crippen LogP contribution is -2.50. The maximum atomic E-state index is 12.8. The van der Waals surface area contributed by atoms with Crippen LogP contribution in [0, 0.1) is 6.92 Å². The zero-order valence-corrected chi connectivity index (χ0v) is 19.6. The molecule has 0 radical (unpaired) electrons. The number of aryl methyl sites for hydroxylation is 1. The average Bonchev–Trinajstić information content (AvgIpc) is 3.23. The van der Waals surface area contributed by atoms with Crippen molar-refractivity contribution in [3.05, 3.63) is 71.8 Å². The summed E-state index contributed by atoms with van der Waals surface area (Å²) in [7, 11) is 0. The number of nitrogens with one attached hydrogen (secondary N) is 1. The molecule has 35 heavy (non-hydrogen) atoms. The molecule has 0 atom stereocenters. The molecular weight excluding hydrogens is 442 g/mol. The fourth-order valence-electron chi connectivity index (χ4n) is 5.29. The Labute approximate surface area is 203 Å². The van der Waals surface area contributed by atoms with Gasteiger partial charge in [0.1, 0.15) is 17.8 Å². The van der Waals surface area contributed by atoms with Crippen LogP contribution in [-0.2, 0) is 16.1 Å². The van der Waals surface area contributed by atoms with Gasteiger partial charge in [0.05, 0.1) is 12.2 Å². The predicted molar refractivity (Wildman–Crippen MR) is 136 cm³/mol. The van der Waals surface area contributed by atoms with Crippen LogP contribution in [0.1, 0.15) is 24.0 Å². The van der Waals surface area contributed by atoms with Gasteiger partial charge in [-0.05, 0) is 55.7 Å². The summed E-state index contributed by atoms with van der Waals surface area (Å²) in [6, 6.07) is 19.7. The van der Waals surface area contributed by atoms with Gasteiger partial charge in [-0.1, -0.05) is 30.3 Å². The minimum atomic E-state index is -0.276. The molecular formula is C28H27N3O4. The molecule has 3 heterocycles. The minimum Gasteiger partial charge on any atom is -0.456 e. The molecule has 4 aromatic rings. The van der Waals surface area contributed by atoms with Crippen molar-refractivity contribution in [2.24, 2.45) is 0 Å². The molecule has 1 fully saturated rings. The van der Waals surface area contributed by atoms with E-state index in [1.54, 1.807) is 0 Å². The van der Waals surface area contributed by atoms with Crippen LogP contribution >= 0.6 is 0 Å². The molecule has 0 aliphatic carbocycles. The maximum Gasteiger partial charge on any atom is 0.414 e. The van der Waals surface area contributed by atoms with E-state index in [2.05, 4.69) is 10.2 Å². The van der Waals surface area contributed by atoms with Gasteiger partial charge in [0.25, 0.3) is 0 Å².